The fourth-order valence-corrected chi connectivity index (χ4v) is 1.42. The fraction of sp³-hybridized carbons (Fsp3) is 0.333. The Morgan fingerprint density at radius 2 is 2.06 bits per heavy atom. The van der Waals surface area contributed by atoms with Crippen LogP contribution in [-0.4, -0.2) is 40.4 Å². The van der Waals surface area contributed by atoms with Gasteiger partial charge in [-0.15, -0.1) is 0 Å². The average molecular weight is 234 g/mol. The fourth-order valence-electron chi connectivity index (χ4n) is 1.42. The highest BCUT2D eigenvalue weighted by Crippen LogP contribution is 2.02. The number of carbonyl (C=O) groups is 1. The molecule has 1 amide bonds. The van der Waals surface area contributed by atoms with Crippen LogP contribution in [0.25, 0.3) is 0 Å². The van der Waals surface area contributed by atoms with Gasteiger partial charge in [0.2, 0.25) is 0 Å². The molecule has 5 heteroatoms. The maximum atomic E-state index is 10.9. The van der Waals surface area contributed by atoms with Gasteiger partial charge in [0.15, 0.2) is 6.10 Å². The molecule has 1 aromatic rings. The monoisotopic (exact) mass is 234 g/mol. The number of rotatable bonds is 5. The topological polar surface area (TPSA) is 84.6 Å². The number of hydrogen-bond donors (Lipinski definition) is 2. The predicted molar refractivity (Wildman–Crippen MR) is 61.4 cm³/mol. The van der Waals surface area contributed by atoms with Gasteiger partial charge in [0.1, 0.15) is 0 Å². The van der Waals surface area contributed by atoms with E-state index in [9.17, 15) is 4.79 Å². The van der Waals surface area contributed by atoms with Crippen molar-refractivity contribution in [1.29, 1.82) is 5.26 Å². The van der Waals surface area contributed by atoms with Gasteiger partial charge in [0.05, 0.1) is 12.6 Å². The molecule has 0 spiro atoms. The summed E-state index contributed by atoms with van der Waals surface area (Å²) in [7, 11) is 0. The van der Waals surface area contributed by atoms with Gasteiger partial charge in [-0.25, -0.2) is 4.79 Å². The number of aliphatic hydroxyl groups excluding tert-OH is 1. The van der Waals surface area contributed by atoms with Crippen LogP contribution in [0.4, 0.5) is 4.79 Å². The molecule has 0 saturated heterocycles. The van der Waals surface area contributed by atoms with Crippen molar-refractivity contribution >= 4 is 6.09 Å². The lowest BCUT2D eigenvalue weighted by Crippen LogP contribution is -2.37. The zero-order chi connectivity index (χ0) is 12.7. The molecular weight excluding hydrogens is 220 g/mol. The van der Waals surface area contributed by atoms with Crippen molar-refractivity contribution in [1.82, 2.24) is 4.90 Å². The first-order chi connectivity index (χ1) is 8.13. The third-order valence-electron chi connectivity index (χ3n) is 2.33. The third kappa shape index (κ3) is 4.53. The second-order valence-electron chi connectivity index (χ2n) is 3.61. The van der Waals surface area contributed by atoms with Gasteiger partial charge >= 0.3 is 6.09 Å². The Labute approximate surface area is 99.5 Å². The van der Waals surface area contributed by atoms with E-state index in [2.05, 4.69) is 0 Å². The van der Waals surface area contributed by atoms with E-state index in [0.29, 0.717) is 6.42 Å². The smallest absolute Gasteiger partial charge is 0.407 e. The SMILES string of the molecule is N#CC(O)CN(CCc1ccccc1)C(=O)O. The van der Waals surface area contributed by atoms with E-state index in [0.717, 1.165) is 10.5 Å². The molecule has 1 atom stereocenters. The Balaban J connectivity index is 2.51. The second kappa shape index (κ2) is 6.51. The van der Waals surface area contributed by atoms with Crippen LogP contribution >= 0.6 is 0 Å². The predicted octanol–water partition coefficient (Wildman–Crippen LogP) is 1.09. The Hall–Kier alpha value is -2.06. The summed E-state index contributed by atoms with van der Waals surface area (Å²) in [5.74, 6) is 0. The Kier molecular flexibility index (Phi) is 4.98. The van der Waals surface area contributed by atoms with E-state index >= 15 is 0 Å². The molecule has 0 aliphatic rings. The Morgan fingerprint density at radius 3 is 2.59 bits per heavy atom. The minimum Gasteiger partial charge on any atom is -0.465 e. The van der Waals surface area contributed by atoms with Gasteiger partial charge in [-0.05, 0) is 12.0 Å². The second-order valence-corrected chi connectivity index (χ2v) is 3.61. The van der Waals surface area contributed by atoms with Gasteiger partial charge in [-0.1, -0.05) is 30.3 Å². The number of nitriles is 1. The van der Waals surface area contributed by atoms with Crippen LogP contribution < -0.4 is 0 Å². The minimum absolute atomic E-state index is 0.182. The quantitative estimate of drug-likeness (QED) is 0.747. The maximum Gasteiger partial charge on any atom is 0.407 e. The van der Waals surface area contributed by atoms with Crippen LogP contribution in [0.5, 0.6) is 0 Å². The summed E-state index contributed by atoms with van der Waals surface area (Å²) in [5, 5.41) is 26.4. The molecule has 0 aromatic heterocycles. The van der Waals surface area contributed by atoms with Crippen molar-refractivity contribution in [2.75, 3.05) is 13.1 Å². The molecule has 0 aliphatic heterocycles. The van der Waals surface area contributed by atoms with Crippen molar-refractivity contribution < 1.29 is 15.0 Å². The number of amides is 1. The van der Waals surface area contributed by atoms with Crippen molar-refractivity contribution in [3.05, 3.63) is 35.9 Å². The largest absolute Gasteiger partial charge is 0.465 e. The van der Waals surface area contributed by atoms with Gasteiger partial charge in [0.25, 0.3) is 0 Å². The third-order valence-corrected chi connectivity index (χ3v) is 2.33. The molecule has 0 radical (unpaired) electrons. The molecule has 17 heavy (non-hydrogen) atoms. The molecule has 0 bridgehead atoms. The summed E-state index contributed by atoms with van der Waals surface area (Å²) in [6.07, 6.45) is -1.84. The number of benzene rings is 1. The van der Waals surface area contributed by atoms with E-state index in [1.165, 1.54) is 0 Å². The summed E-state index contributed by atoms with van der Waals surface area (Å²) in [4.78, 5) is 11.9. The highest BCUT2D eigenvalue weighted by molar-refractivity contribution is 5.65. The molecule has 2 N–H and O–H groups in total. The molecule has 1 rings (SSSR count). The summed E-state index contributed by atoms with van der Waals surface area (Å²) in [5.41, 5.74) is 1.02. The molecular formula is C12H14N2O3. The molecule has 0 aliphatic carbocycles. The zero-order valence-electron chi connectivity index (χ0n) is 9.28. The van der Waals surface area contributed by atoms with Crippen LogP contribution in [0, 0.1) is 11.3 Å². The highest BCUT2D eigenvalue weighted by Gasteiger charge is 2.15. The first-order valence-corrected chi connectivity index (χ1v) is 5.23. The van der Waals surface area contributed by atoms with Crippen molar-refractivity contribution in [3.8, 4) is 6.07 Å². The number of aliphatic hydroxyl groups is 1. The van der Waals surface area contributed by atoms with Gasteiger partial charge in [-0.2, -0.15) is 5.26 Å². The zero-order valence-corrected chi connectivity index (χ0v) is 9.28. The summed E-state index contributed by atoms with van der Waals surface area (Å²) in [6.45, 7) is 0.0801. The number of nitrogens with zero attached hydrogens (tertiary/aromatic N) is 2. The normalized spacial score (nSPS) is 11.5. The van der Waals surface area contributed by atoms with Gasteiger partial charge in [0, 0.05) is 6.54 Å². The van der Waals surface area contributed by atoms with Crippen LogP contribution in [-0.2, 0) is 6.42 Å². The summed E-state index contributed by atoms with van der Waals surface area (Å²) in [6, 6.07) is 11.1. The van der Waals surface area contributed by atoms with E-state index in [-0.39, 0.29) is 13.1 Å². The summed E-state index contributed by atoms with van der Waals surface area (Å²) < 4.78 is 0. The molecule has 1 aromatic carbocycles. The van der Waals surface area contributed by atoms with Crippen LogP contribution in [0.2, 0.25) is 0 Å². The Morgan fingerprint density at radius 1 is 1.41 bits per heavy atom. The van der Waals surface area contributed by atoms with Gasteiger partial charge in [-0.3, -0.25) is 0 Å². The first kappa shape index (κ1) is 13.0. The Bertz CT molecular complexity index is 400. The molecule has 5 nitrogen and oxygen atoms in total. The van der Waals surface area contributed by atoms with Crippen LogP contribution in [0.1, 0.15) is 5.56 Å². The molecule has 90 valence electrons. The summed E-state index contributed by atoms with van der Waals surface area (Å²) >= 11 is 0. The van der Waals surface area contributed by atoms with Crippen molar-refractivity contribution in [3.63, 3.8) is 0 Å². The molecule has 0 heterocycles. The van der Waals surface area contributed by atoms with Crippen molar-refractivity contribution in [2.45, 2.75) is 12.5 Å². The lowest BCUT2D eigenvalue weighted by Gasteiger charge is -2.19. The van der Waals surface area contributed by atoms with Crippen LogP contribution in [0.15, 0.2) is 30.3 Å². The number of hydrogen-bond acceptors (Lipinski definition) is 3. The van der Waals surface area contributed by atoms with Crippen LogP contribution in [0.3, 0.4) is 0 Å². The molecule has 1 unspecified atom stereocenters. The average Bonchev–Trinajstić information content (AvgIpc) is 2.35. The lowest BCUT2D eigenvalue weighted by molar-refractivity contribution is 0.117. The molecule has 0 fully saturated rings. The van der Waals surface area contributed by atoms with Crippen molar-refractivity contribution in [2.24, 2.45) is 0 Å². The van der Waals surface area contributed by atoms with E-state index in [1.54, 1.807) is 6.07 Å². The standard InChI is InChI=1S/C12H14N2O3/c13-8-11(15)9-14(12(16)17)7-6-10-4-2-1-3-5-10/h1-5,11,15H,6-7,9H2,(H,16,17). The minimum atomic E-state index is -1.28. The molecule has 0 saturated carbocycles. The van der Waals surface area contributed by atoms with E-state index < -0.39 is 12.2 Å². The number of carboxylic acid groups (broad SMARTS) is 1. The van der Waals surface area contributed by atoms with E-state index in [4.69, 9.17) is 15.5 Å². The highest BCUT2D eigenvalue weighted by atomic mass is 16.4. The van der Waals surface area contributed by atoms with Gasteiger partial charge < -0.3 is 15.1 Å². The lowest BCUT2D eigenvalue weighted by atomic mass is 10.1. The van der Waals surface area contributed by atoms with E-state index in [1.807, 2.05) is 30.3 Å². The maximum absolute atomic E-state index is 10.9. The first-order valence-electron chi connectivity index (χ1n) is 5.23.